The number of carbonyl (C=O) groups is 1. The molecule has 0 aliphatic heterocycles. The zero-order valence-corrected chi connectivity index (χ0v) is 17.9. The van der Waals surface area contributed by atoms with Gasteiger partial charge in [0.1, 0.15) is 17.5 Å². The molecule has 0 spiro atoms. The van der Waals surface area contributed by atoms with Gasteiger partial charge in [-0.05, 0) is 28.7 Å². The van der Waals surface area contributed by atoms with E-state index in [1.54, 1.807) is 0 Å². The van der Waals surface area contributed by atoms with E-state index in [4.69, 9.17) is 0 Å². The Morgan fingerprint density at radius 2 is 1.78 bits per heavy atom. The van der Waals surface area contributed by atoms with Crippen LogP contribution in [0.1, 0.15) is 49.3 Å². The van der Waals surface area contributed by atoms with Crippen LogP contribution < -0.4 is 10.1 Å². The van der Waals surface area contributed by atoms with Crippen molar-refractivity contribution < 1.29 is 22.7 Å². The summed E-state index contributed by atoms with van der Waals surface area (Å²) in [6, 6.07) is 9.93. The van der Waals surface area contributed by atoms with E-state index < -0.39 is 18.8 Å². The Bertz CT molecular complexity index is 1010. The minimum absolute atomic E-state index is 0.0144. The monoisotopic (exact) mass is 447 g/mol. The molecule has 7 nitrogen and oxygen atoms in total. The molecule has 1 unspecified atom stereocenters. The van der Waals surface area contributed by atoms with Crippen LogP contribution in [0.3, 0.4) is 0 Å². The number of rotatable bonds is 7. The maximum atomic E-state index is 12.7. The van der Waals surface area contributed by atoms with Crippen LogP contribution in [0.25, 0.3) is 0 Å². The minimum Gasteiger partial charge on any atom is -0.483 e. The van der Waals surface area contributed by atoms with Crippen molar-refractivity contribution in [2.75, 3.05) is 6.61 Å². The number of ether oxygens (including phenoxy) is 1. The van der Waals surface area contributed by atoms with Gasteiger partial charge in [-0.1, -0.05) is 45.0 Å². The Hall–Kier alpha value is -3.43. The molecule has 0 aliphatic rings. The zero-order chi connectivity index (χ0) is 23.4. The number of hydrogen-bond acceptors (Lipinski definition) is 5. The molecular formula is C22H24F3N5O2. The molecule has 1 amide bonds. The summed E-state index contributed by atoms with van der Waals surface area (Å²) in [6.45, 7) is 4.93. The van der Waals surface area contributed by atoms with Gasteiger partial charge < -0.3 is 10.1 Å². The summed E-state index contributed by atoms with van der Waals surface area (Å²) in [4.78, 5) is 16.9. The first-order valence-electron chi connectivity index (χ1n) is 9.91. The second-order valence-corrected chi connectivity index (χ2v) is 8.34. The second-order valence-electron chi connectivity index (χ2n) is 8.34. The van der Waals surface area contributed by atoms with Crippen LogP contribution in [-0.2, 0) is 16.6 Å². The molecule has 1 atom stereocenters. The molecule has 0 bridgehead atoms. The maximum absolute atomic E-state index is 12.7. The van der Waals surface area contributed by atoms with Crippen LogP contribution in [-0.4, -0.2) is 39.1 Å². The van der Waals surface area contributed by atoms with E-state index in [0.29, 0.717) is 11.4 Å². The Kier molecular flexibility index (Phi) is 6.81. The van der Waals surface area contributed by atoms with Crippen molar-refractivity contribution in [1.29, 1.82) is 0 Å². The predicted molar refractivity (Wildman–Crippen MR) is 111 cm³/mol. The molecule has 0 saturated carbocycles. The van der Waals surface area contributed by atoms with Gasteiger partial charge in [0.05, 0.1) is 24.5 Å². The number of aromatic nitrogens is 4. The molecule has 32 heavy (non-hydrogen) atoms. The van der Waals surface area contributed by atoms with Gasteiger partial charge in [0.15, 0.2) is 6.61 Å². The molecular weight excluding hydrogens is 423 g/mol. The van der Waals surface area contributed by atoms with E-state index >= 15 is 0 Å². The highest BCUT2D eigenvalue weighted by Crippen LogP contribution is 2.24. The van der Waals surface area contributed by atoms with Crippen molar-refractivity contribution >= 4 is 5.91 Å². The molecule has 2 heterocycles. The van der Waals surface area contributed by atoms with Gasteiger partial charge in [-0.15, -0.1) is 0 Å². The average Bonchev–Trinajstić information content (AvgIpc) is 3.25. The van der Waals surface area contributed by atoms with Crippen molar-refractivity contribution in [3.05, 3.63) is 71.3 Å². The summed E-state index contributed by atoms with van der Waals surface area (Å²) in [6.07, 6.45) is -1.68. The third-order valence-electron chi connectivity index (χ3n) is 4.68. The molecule has 3 rings (SSSR count). The maximum Gasteiger partial charge on any atom is 0.422 e. The van der Waals surface area contributed by atoms with Crippen LogP contribution in [0.4, 0.5) is 13.2 Å². The van der Waals surface area contributed by atoms with Crippen LogP contribution in [0.2, 0.25) is 0 Å². The lowest BCUT2D eigenvalue weighted by molar-refractivity contribution is -0.153. The summed E-state index contributed by atoms with van der Waals surface area (Å²) in [5.41, 5.74) is 2.82. The van der Waals surface area contributed by atoms with Gasteiger partial charge in [-0.3, -0.25) is 9.78 Å². The first-order chi connectivity index (χ1) is 15.0. The summed E-state index contributed by atoms with van der Waals surface area (Å²) >= 11 is 0. The largest absolute Gasteiger partial charge is 0.483 e. The summed E-state index contributed by atoms with van der Waals surface area (Å²) in [5.74, 6) is -0.295. The van der Waals surface area contributed by atoms with Crippen LogP contribution in [0, 0.1) is 0 Å². The Morgan fingerprint density at radius 1 is 1.06 bits per heavy atom. The van der Waals surface area contributed by atoms with Crippen molar-refractivity contribution in [2.24, 2.45) is 0 Å². The average molecular weight is 447 g/mol. The van der Waals surface area contributed by atoms with Gasteiger partial charge in [0, 0.05) is 0 Å². The van der Waals surface area contributed by atoms with E-state index in [1.807, 2.05) is 24.3 Å². The van der Waals surface area contributed by atoms with Crippen molar-refractivity contribution in [1.82, 2.24) is 25.7 Å². The summed E-state index contributed by atoms with van der Waals surface area (Å²) < 4.78 is 41.7. The van der Waals surface area contributed by atoms with Gasteiger partial charge in [-0.2, -0.15) is 28.6 Å². The number of H-pyrrole nitrogens is 1. The number of aromatic amines is 1. The van der Waals surface area contributed by atoms with E-state index in [2.05, 4.69) is 51.2 Å². The number of nitrogens with one attached hydrogen (secondary N) is 2. The van der Waals surface area contributed by atoms with Crippen molar-refractivity contribution in [3.63, 3.8) is 0 Å². The fourth-order valence-electron chi connectivity index (χ4n) is 2.98. The van der Waals surface area contributed by atoms with E-state index in [9.17, 15) is 18.0 Å². The number of carbonyl (C=O) groups excluding carboxylic acids is 1. The van der Waals surface area contributed by atoms with Gasteiger partial charge in [-0.25, -0.2) is 0 Å². The molecule has 2 N–H and O–H groups in total. The Labute approximate surface area is 183 Å². The van der Waals surface area contributed by atoms with Gasteiger partial charge in [0.2, 0.25) is 5.91 Å². The normalized spacial score (nSPS) is 12.9. The summed E-state index contributed by atoms with van der Waals surface area (Å²) in [5, 5.41) is 13.1. The molecule has 3 aromatic rings. The standard InChI is InChI=1S/C22H24F3N5O2/c1-21(2,3)15-6-4-14(5-7-15)10-19(31)28-20(18-12-27-30-29-18)17-9-8-16(11-26-17)32-13-22(23,24)25/h4-9,11-12,20H,10,13H2,1-3H3,(H,28,31)(H,27,29,30). The highest BCUT2D eigenvalue weighted by molar-refractivity contribution is 5.79. The van der Waals surface area contributed by atoms with Crippen LogP contribution in [0.5, 0.6) is 5.75 Å². The first kappa shape index (κ1) is 23.2. The number of amides is 1. The highest BCUT2D eigenvalue weighted by Gasteiger charge is 2.28. The zero-order valence-electron chi connectivity index (χ0n) is 17.9. The van der Waals surface area contributed by atoms with E-state index in [-0.39, 0.29) is 23.5 Å². The highest BCUT2D eigenvalue weighted by atomic mass is 19.4. The molecule has 0 saturated heterocycles. The van der Waals surface area contributed by atoms with Crippen molar-refractivity contribution in [2.45, 2.75) is 44.8 Å². The molecule has 170 valence electrons. The molecule has 0 radical (unpaired) electrons. The second kappa shape index (κ2) is 9.37. The summed E-state index contributed by atoms with van der Waals surface area (Å²) in [7, 11) is 0. The van der Waals surface area contributed by atoms with Gasteiger partial charge >= 0.3 is 6.18 Å². The first-order valence-corrected chi connectivity index (χ1v) is 9.91. The number of halogens is 3. The quantitative estimate of drug-likeness (QED) is 0.573. The lowest BCUT2D eigenvalue weighted by Gasteiger charge is -2.19. The SMILES string of the molecule is CC(C)(C)c1ccc(CC(=O)NC(c2ccc(OCC(F)(F)F)cn2)c2cn[nH]n2)cc1. The fourth-order valence-corrected chi connectivity index (χ4v) is 2.98. The number of alkyl halides is 3. The van der Waals surface area contributed by atoms with E-state index in [0.717, 1.165) is 5.56 Å². The molecule has 1 aromatic carbocycles. The van der Waals surface area contributed by atoms with Crippen LogP contribution in [0.15, 0.2) is 48.8 Å². The third-order valence-corrected chi connectivity index (χ3v) is 4.68. The number of pyridine rings is 1. The number of nitrogens with zero attached hydrogens (tertiary/aromatic N) is 3. The number of benzene rings is 1. The van der Waals surface area contributed by atoms with Crippen LogP contribution >= 0.6 is 0 Å². The smallest absolute Gasteiger partial charge is 0.422 e. The molecule has 0 aliphatic carbocycles. The Balaban J connectivity index is 1.71. The van der Waals surface area contributed by atoms with E-state index in [1.165, 1.54) is 30.1 Å². The third kappa shape index (κ3) is 6.53. The fraction of sp³-hybridized carbons (Fsp3) is 0.364. The molecule has 2 aromatic heterocycles. The lowest BCUT2D eigenvalue weighted by atomic mass is 9.86. The lowest BCUT2D eigenvalue weighted by Crippen LogP contribution is -2.31. The minimum atomic E-state index is -4.44. The number of hydrogen-bond donors (Lipinski definition) is 2. The molecule has 0 fully saturated rings. The van der Waals surface area contributed by atoms with Gasteiger partial charge in [0.25, 0.3) is 0 Å². The van der Waals surface area contributed by atoms with Crippen molar-refractivity contribution in [3.8, 4) is 5.75 Å². The predicted octanol–water partition coefficient (Wildman–Crippen LogP) is 3.89. The molecule has 10 heteroatoms. The topological polar surface area (TPSA) is 92.8 Å². The Morgan fingerprint density at radius 3 is 2.31 bits per heavy atom.